The summed E-state index contributed by atoms with van der Waals surface area (Å²) in [5.41, 5.74) is 4.73. The molecule has 1 aromatic heterocycles. The number of carbonyl (C=O) groups is 1. The summed E-state index contributed by atoms with van der Waals surface area (Å²) in [6, 6.07) is 15.5. The summed E-state index contributed by atoms with van der Waals surface area (Å²) in [6.45, 7) is 5.91. The van der Waals surface area contributed by atoms with Gasteiger partial charge in [-0.25, -0.2) is 0 Å². The van der Waals surface area contributed by atoms with E-state index in [4.69, 9.17) is 4.74 Å². The van der Waals surface area contributed by atoms with Gasteiger partial charge in [0.25, 0.3) is 5.91 Å². The molecule has 0 aliphatic carbocycles. The first-order chi connectivity index (χ1) is 18.1. The normalized spacial score (nSPS) is 11.0. The van der Waals surface area contributed by atoms with Gasteiger partial charge in [-0.3, -0.25) is 4.79 Å². The Morgan fingerprint density at radius 2 is 1.51 bits per heavy atom. The molecule has 4 nitrogen and oxygen atoms in total. The van der Waals surface area contributed by atoms with Crippen molar-refractivity contribution in [1.29, 1.82) is 0 Å². The molecule has 200 valence electrons. The Kier molecular flexibility index (Phi) is 13.3. The number of aromatic nitrogens is 1. The van der Waals surface area contributed by atoms with Crippen LogP contribution in [0.1, 0.15) is 105 Å². The number of benzene rings is 2. The molecule has 2 aromatic carbocycles. The Balaban J connectivity index is 1.29. The van der Waals surface area contributed by atoms with E-state index < -0.39 is 0 Å². The van der Waals surface area contributed by atoms with Gasteiger partial charge in [0.1, 0.15) is 5.75 Å². The van der Waals surface area contributed by atoms with Crippen LogP contribution in [-0.2, 0) is 6.54 Å². The third kappa shape index (κ3) is 11.5. The van der Waals surface area contributed by atoms with Crippen LogP contribution in [0.25, 0.3) is 0 Å². The highest BCUT2D eigenvalue weighted by Gasteiger charge is 2.09. The largest absolute Gasteiger partial charge is 0.494 e. The van der Waals surface area contributed by atoms with E-state index in [0.29, 0.717) is 12.2 Å². The second-order valence-electron chi connectivity index (χ2n) is 10.1. The zero-order chi connectivity index (χ0) is 26.1. The molecule has 37 heavy (non-hydrogen) atoms. The number of rotatable bonds is 18. The Morgan fingerprint density at radius 1 is 0.865 bits per heavy atom. The number of hydrogen-bond donors (Lipinski definition) is 1. The average molecular weight is 522 g/mol. The lowest BCUT2D eigenvalue weighted by atomic mass is 10.1. The number of unbranched alkanes of at least 4 members (excludes halogenated alkanes) is 11. The van der Waals surface area contributed by atoms with Gasteiger partial charge in [-0.1, -0.05) is 107 Å². The van der Waals surface area contributed by atoms with E-state index in [9.17, 15) is 4.79 Å². The highest BCUT2D eigenvalue weighted by Crippen LogP contribution is 2.17. The first-order valence-electron chi connectivity index (χ1n) is 14.2. The van der Waals surface area contributed by atoms with Crippen LogP contribution >= 0.6 is 11.3 Å². The third-order valence-corrected chi connectivity index (χ3v) is 7.51. The molecule has 0 unspecified atom stereocenters. The van der Waals surface area contributed by atoms with Crippen molar-refractivity contribution in [2.24, 2.45) is 0 Å². The van der Waals surface area contributed by atoms with E-state index in [-0.39, 0.29) is 5.91 Å². The molecule has 0 saturated carbocycles. The van der Waals surface area contributed by atoms with E-state index in [1.807, 2.05) is 36.4 Å². The minimum atomic E-state index is -0.119. The number of nitrogens with zero attached hydrogens (tertiary/aromatic N) is 1. The van der Waals surface area contributed by atoms with Crippen LogP contribution in [0.4, 0.5) is 5.69 Å². The van der Waals surface area contributed by atoms with Gasteiger partial charge in [0.15, 0.2) is 12.7 Å². The van der Waals surface area contributed by atoms with Gasteiger partial charge in [-0.05, 0) is 43.7 Å². The lowest BCUT2D eigenvalue weighted by molar-refractivity contribution is -0.683. The molecule has 1 amide bonds. The molecule has 0 spiro atoms. The molecular formula is C32H45N2O2S+. The van der Waals surface area contributed by atoms with Crippen LogP contribution in [-0.4, -0.2) is 12.5 Å². The number of amides is 1. The summed E-state index contributed by atoms with van der Waals surface area (Å²) in [5, 5.41) is 3.00. The van der Waals surface area contributed by atoms with Crippen LogP contribution in [0.15, 0.2) is 60.2 Å². The summed E-state index contributed by atoms with van der Waals surface area (Å²) >= 11 is 1.74. The van der Waals surface area contributed by atoms with Crippen molar-refractivity contribution in [3.63, 3.8) is 0 Å². The third-order valence-electron chi connectivity index (χ3n) is 6.66. The SMILES string of the molecule is CCCCCCCCCCCCCCOc1cccc(C(=O)Nc2ccc(C[n+]3csc(C)c3)cc2)c1. The number of nitrogens with one attached hydrogen (secondary N) is 1. The van der Waals surface area contributed by atoms with Crippen molar-refractivity contribution >= 4 is 22.9 Å². The van der Waals surface area contributed by atoms with E-state index in [0.717, 1.165) is 24.4 Å². The molecular weight excluding hydrogens is 476 g/mol. The average Bonchev–Trinajstić information content (AvgIpc) is 3.32. The maximum absolute atomic E-state index is 12.8. The number of anilines is 1. The zero-order valence-corrected chi connectivity index (χ0v) is 23.7. The van der Waals surface area contributed by atoms with Gasteiger partial charge in [-0.2, -0.15) is 4.57 Å². The van der Waals surface area contributed by atoms with E-state index in [2.05, 4.69) is 47.6 Å². The smallest absolute Gasteiger partial charge is 0.255 e. The van der Waals surface area contributed by atoms with Gasteiger partial charge >= 0.3 is 0 Å². The summed E-state index contributed by atoms with van der Waals surface area (Å²) < 4.78 is 8.11. The first-order valence-corrected chi connectivity index (χ1v) is 15.1. The second-order valence-corrected chi connectivity index (χ2v) is 11.1. The number of ether oxygens (including phenoxy) is 1. The Bertz CT molecular complexity index is 1040. The summed E-state index contributed by atoms with van der Waals surface area (Å²) in [7, 11) is 0. The molecule has 3 aromatic rings. The molecule has 0 aliphatic heterocycles. The lowest BCUT2D eigenvalue weighted by Gasteiger charge is -2.09. The topological polar surface area (TPSA) is 42.2 Å². The number of aryl methyl sites for hydroxylation is 1. The van der Waals surface area contributed by atoms with Crippen molar-refractivity contribution in [1.82, 2.24) is 0 Å². The van der Waals surface area contributed by atoms with E-state index in [1.54, 1.807) is 11.3 Å². The molecule has 0 fully saturated rings. The lowest BCUT2D eigenvalue weighted by Crippen LogP contribution is -2.30. The molecule has 1 heterocycles. The number of hydrogen-bond acceptors (Lipinski definition) is 3. The molecule has 0 atom stereocenters. The van der Waals surface area contributed by atoms with Crippen molar-refractivity contribution in [2.45, 2.75) is 97.4 Å². The molecule has 3 rings (SSSR count). The minimum Gasteiger partial charge on any atom is -0.494 e. The van der Waals surface area contributed by atoms with Gasteiger partial charge < -0.3 is 10.1 Å². The second kappa shape index (κ2) is 17.0. The maximum atomic E-state index is 12.8. The number of carbonyl (C=O) groups excluding carboxylic acids is 1. The van der Waals surface area contributed by atoms with Crippen LogP contribution in [0, 0.1) is 6.92 Å². The highest BCUT2D eigenvalue weighted by atomic mass is 32.1. The van der Waals surface area contributed by atoms with E-state index >= 15 is 0 Å². The molecule has 1 N–H and O–H groups in total. The highest BCUT2D eigenvalue weighted by molar-refractivity contribution is 7.09. The van der Waals surface area contributed by atoms with Crippen molar-refractivity contribution in [3.8, 4) is 5.75 Å². The fraction of sp³-hybridized carbons (Fsp3) is 0.500. The Labute approximate surface area is 228 Å². The van der Waals surface area contributed by atoms with Crippen molar-refractivity contribution in [2.75, 3.05) is 11.9 Å². The predicted octanol–water partition coefficient (Wildman–Crippen LogP) is 8.72. The van der Waals surface area contributed by atoms with Crippen LogP contribution in [0.5, 0.6) is 5.75 Å². The van der Waals surface area contributed by atoms with Gasteiger partial charge in [0.2, 0.25) is 5.51 Å². The first kappa shape index (κ1) is 28.9. The van der Waals surface area contributed by atoms with Crippen LogP contribution < -0.4 is 14.6 Å². The quantitative estimate of drug-likeness (QED) is 0.134. The molecule has 5 heteroatoms. The standard InChI is InChI=1S/C32H44N2O2S/c1-3-4-5-6-7-8-9-10-11-12-13-14-22-36-31-17-15-16-29(23-31)32(35)33-30-20-18-28(19-21-30)25-34-24-27(2)37-26-34/h15-21,23-24,26H,3-14,22,25H2,1-2H3/p+1. The van der Waals surface area contributed by atoms with Gasteiger partial charge in [-0.15, -0.1) is 0 Å². The van der Waals surface area contributed by atoms with Gasteiger partial charge in [0, 0.05) is 16.8 Å². The maximum Gasteiger partial charge on any atom is 0.255 e. The Hall–Kier alpha value is -2.66. The van der Waals surface area contributed by atoms with E-state index in [1.165, 1.54) is 81.1 Å². The van der Waals surface area contributed by atoms with Crippen LogP contribution in [0.3, 0.4) is 0 Å². The molecule has 0 aliphatic rings. The monoisotopic (exact) mass is 521 g/mol. The fourth-order valence-electron chi connectivity index (χ4n) is 4.50. The molecule has 0 bridgehead atoms. The fourth-order valence-corrected chi connectivity index (χ4v) is 5.13. The van der Waals surface area contributed by atoms with Crippen molar-refractivity contribution in [3.05, 3.63) is 76.2 Å². The zero-order valence-electron chi connectivity index (χ0n) is 22.8. The molecule has 0 radical (unpaired) electrons. The summed E-state index contributed by atoms with van der Waals surface area (Å²) in [4.78, 5) is 14.1. The number of thiazole rings is 1. The minimum absolute atomic E-state index is 0.119. The summed E-state index contributed by atoms with van der Waals surface area (Å²) in [5.74, 6) is 0.639. The Morgan fingerprint density at radius 3 is 2.14 bits per heavy atom. The van der Waals surface area contributed by atoms with Crippen LogP contribution in [0.2, 0.25) is 0 Å². The van der Waals surface area contributed by atoms with Crippen molar-refractivity contribution < 1.29 is 14.1 Å². The van der Waals surface area contributed by atoms with Gasteiger partial charge in [0.05, 0.1) is 11.5 Å². The predicted molar refractivity (Wildman–Crippen MR) is 156 cm³/mol. The summed E-state index contributed by atoms with van der Waals surface area (Å²) in [6.07, 6.45) is 18.1. The molecule has 0 saturated heterocycles.